The van der Waals surface area contributed by atoms with Crippen LogP contribution in [0.5, 0.6) is 11.5 Å². The second kappa shape index (κ2) is 10.9. The fourth-order valence-corrected chi connectivity index (χ4v) is 3.15. The Morgan fingerprint density at radius 1 is 1.00 bits per heavy atom. The number of nitro groups is 1. The maximum atomic E-state index is 11.2. The summed E-state index contributed by atoms with van der Waals surface area (Å²) in [6, 6.07) is 21.5. The predicted octanol–water partition coefficient (Wildman–Crippen LogP) is 4.91. The van der Waals surface area contributed by atoms with E-state index < -0.39 is 4.92 Å². The first-order chi connectivity index (χ1) is 16.4. The molecule has 0 spiro atoms. The number of anilines is 1. The number of nitrogens with one attached hydrogen (secondary N) is 1. The highest BCUT2D eigenvalue weighted by Crippen LogP contribution is 2.29. The number of nitro benzene ring substituents is 1. The molecule has 4 aromatic rings. The average Bonchev–Trinajstić information content (AvgIpc) is 2.85. The minimum atomic E-state index is -0.465. The lowest BCUT2D eigenvalue weighted by Crippen LogP contribution is -2.22. The van der Waals surface area contributed by atoms with Crippen molar-refractivity contribution >= 4 is 35.7 Å². The van der Waals surface area contributed by atoms with Crippen LogP contribution in [0.1, 0.15) is 0 Å². The van der Waals surface area contributed by atoms with Gasteiger partial charge in [0.1, 0.15) is 11.5 Å². The maximum Gasteiger partial charge on any atom is 0.270 e. The number of phenols is 1. The standard InChI is InChI=1S/C24H20N6O4.ClH/c1-34-20-11-5-15(6-12-20)21-14-22(16-3-2-4-18(13-16)30(32)33)28-24(27-21)29-23(25)26-17-7-9-19(31)10-8-17;/h2-14,31H,1H3,(H3,25,26,27,28,29);1H. The molecule has 11 heteroatoms. The van der Waals surface area contributed by atoms with Gasteiger partial charge in [0.05, 0.1) is 23.4 Å². The number of benzene rings is 3. The summed E-state index contributed by atoms with van der Waals surface area (Å²) in [5.74, 6) is 0.914. The van der Waals surface area contributed by atoms with Crippen LogP contribution in [0.4, 0.5) is 17.3 Å². The van der Waals surface area contributed by atoms with E-state index in [1.54, 1.807) is 49.6 Å². The van der Waals surface area contributed by atoms with Gasteiger partial charge in [-0.25, -0.2) is 9.97 Å². The van der Waals surface area contributed by atoms with Gasteiger partial charge >= 0.3 is 0 Å². The Hall–Kier alpha value is -4.70. The van der Waals surface area contributed by atoms with Gasteiger partial charge in [0.15, 0.2) is 0 Å². The molecular formula is C24H21ClN6O4. The van der Waals surface area contributed by atoms with Gasteiger partial charge in [-0.2, -0.15) is 4.99 Å². The van der Waals surface area contributed by atoms with Crippen LogP contribution in [0.3, 0.4) is 0 Å². The molecule has 0 saturated heterocycles. The van der Waals surface area contributed by atoms with Crippen LogP contribution in [-0.4, -0.2) is 33.1 Å². The molecule has 0 amide bonds. The lowest BCUT2D eigenvalue weighted by Gasteiger charge is -2.09. The van der Waals surface area contributed by atoms with Gasteiger partial charge in [0, 0.05) is 28.9 Å². The summed E-state index contributed by atoms with van der Waals surface area (Å²) in [5.41, 5.74) is 8.91. The summed E-state index contributed by atoms with van der Waals surface area (Å²) in [5, 5.41) is 23.6. The summed E-state index contributed by atoms with van der Waals surface area (Å²) < 4.78 is 5.22. The van der Waals surface area contributed by atoms with E-state index >= 15 is 0 Å². The fraction of sp³-hybridized carbons (Fsp3) is 0.0417. The molecule has 0 bridgehead atoms. The number of aliphatic imine (C=N–C) groups is 1. The second-order valence-corrected chi connectivity index (χ2v) is 7.14. The van der Waals surface area contributed by atoms with E-state index in [0.717, 1.165) is 5.56 Å². The van der Waals surface area contributed by atoms with E-state index in [9.17, 15) is 15.2 Å². The lowest BCUT2D eigenvalue weighted by molar-refractivity contribution is -0.384. The molecule has 0 fully saturated rings. The molecule has 4 rings (SSSR count). The first kappa shape index (κ1) is 24.9. The third-order valence-corrected chi connectivity index (χ3v) is 4.81. The minimum Gasteiger partial charge on any atom is -0.508 e. The van der Waals surface area contributed by atoms with Crippen LogP contribution in [0, 0.1) is 10.1 Å². The first-order valence-electron chi connectivity index (χ1n) is 10.1. The van der Waals surface area contributed by atoms with E-state index in [1.807, 2.05) is 12.1 Å². The number of methoxy groups -OCH3 is 1. The van der Waals surface area contributed by atoms with Crippen LogP contribution >= 0.6 is 12.4 Å². The first-order valence-corrected chi connectivity index (χ1v) is 10.1. The van der Waals surface area contributed by atoms with Crippen molar-refractivity contribution in [3.05, 3.63) is 89.0 Å². The van der Waals surface area contributed by atoms with Crippen LogP contribution in [0.25, 0.3) is 22.5 Å². The molecule has 0 aliphatic rings. The zero-order chi connectivity index (χ0) is 24.1. The average molecular weight is 493 g/mol. The SMILES string of the molecule is COc1ccc(-c2cc(-c3cccc([N+](=O)[O-])c3)nc(N=C(N)Nc3ccc(O)cc3)n2)cc1.Cl. The van der Waals surface area contributed by atoms with Gasteiger partial charge < -0.3 is 20.9 Å². The molecule has 0 aliphatic carbocycles. The highest BCUT2D eigenvalue weighted by Gasteiger charge is 2.13. The highest BCUT2D eigenvalue weighted by molar-refractivity contribution is 5.93. The van der Waals surface area contributed by atoms with Gasteiger partial charge in [0.25, 0.3) is 11.6 Å². The molecule has 4 N–H and O–H groups in total. The lowest BCUT2D eigenvalue weighted by atomic mass is 10.1. The minimum absolute atomic E-state index is 0. The van der Waals surface area contributed by atoms with E-state index in [1.165, 1.54) is 24.3 Å². The quantitative estimate of drug-likeness (QED) is 0.113. The molecular weight excluding hydrogens is 472 g/mol. The Labute approximate surface area is 206 Å². The normalized spacial score (nSPS) is 10.8. The Bertz CT molecular complexity index is 1360. The predicted molar refractivity (Wildman–Crippen MR) is 136 cm³/mol. The maximum absolute atomic E-state index is 11.2. The molecule has 0 atom stereocenters. The molecule has 10 nitrogen and oxygen atoms in total. The number of aromatic nitrogens is 2. The Balaban J connectivity index is 0.00000342. The zero-order valence-corrected chi connectivity index (χ0v) is 19.3. The van der Waals surface area contributed by atoms with Crippen molar-refractivity contribution in [3.8, 4) is 34.0 Å². The van der Waals surface area contributed by atoms with Crippen molar-refractivity contribution in [2.75, 3.05) is 12.4 Å². The summed E-state index contributed by atoms with van der Waals surface area (Å²) >= 11 is 0. The number of non-ortho nitro benzene ring substituents is 1. The van der Waals surface area contributed by atoms with Crippen molar-refractivity contribution in [2.24, 2.45) is 10.7 Å². The van der Waals surface area contributed by atoms with E-state index in [2.05, 4.69) is 20.3 Å². The Morgan fingerprint density at radius 2 is 1.66 bits per heavy atom. The molecule has 35 heavy (non-hydrogen) atoms. The molecule has 0 aliphatic heterocycles. The fourth-order valence-electron chi connectivity index (χ4n) is 3.15. The van der Waals surface area contributed by atoms with E-state index in [4.69, 9.17) is 10.5 Å². The Kier molecular flexibility index (Phi) is 7.80. The highest BCUT2D eigenvalue weighted by atomic mass is 35.5. The Morgan fingerprint density at radius 3 is 2.29 bits per heavy atom. The number of guanidine groups is 1. The number of halogens is 1. The summed E-state index contributed by atoms with van der Waals surface area (Å²) in [7, 11) is 1.58. The molecule has 1 heterocycles. The van der Waals surface area contributed by atoms with Gasteiger partial charge in [-0.15, -0.1) is 12.4 Å². The number of rotatable bonds is 6. The topological polar surface area (TPSA) is 149 Å². The van der Waals surface area contributed by atoms with Crippen molar-refractivity contribution in [1.82, 2.24) is 9.97 Å². The number of phenolic OH excluding ortho intramolecular Hbond substituents is 1. The smallest absolute Gasteiger partial charge is 0.270 e. The van der Waals surface area contributed by atoms with Gasteiger partial charge in [-0.1, -0.05) is 12.1 Å². The molecule has 178 valence electrons. The number of nitrogens with zero attached hydrogens (tertiary/aromatic N) is 4. The van der Waals surface area contributed by atoms with Crippen molar-refractivity contribution in [2.45, 2.75) is 0 Å². The molecule has 1 aromatic heterocycles. The second-order valence-electron chi connectivity index (χ2n) is 7.14. The van der Waals surface area contributed by atoms with E-state index in [-0.39, 0.29) is 35.8 Å². The van der Waals surface area contributed by atoms with Gasteiger partial charge in [-0.05, 0) is 54.6 Å². The monoisotopic (exact) mass is 492 g/mol. The van der Waals surface area contributed by atoms with E-state index in [0.29, 0.717) is 28.4 Å². The molecule has 0 radical (unpaired) electrons. The summed E-state index contributed by atoms with van der Waals surface area (Å²) in [4.78, 5) is 24.0. The van der Waals surface area contributed by atoms with Gasteiger partial charge in [-0.3, -0.25) is 10.1 Å². The molecule has 0 saturated carbocycles. The number of hydrogen-bond acceptors (Lipinski definition) is 7. The van der Waals surface area contributed by atoms with Crippen molar-refractivity contribution in [1.29, 1.82) is 0 Å². The van der Waals surface area contributed by atoms with Crippen LogP contribution in [0.15, 0.2) is 83.9 Å². The third kappa shape index (κ3) is 6.21. The van der Waals surface area contributed by atoms with Gasteiger partial charge in [0.2, 0.25) is 5.96 Å². The number of aromatic hydroxyl groups is 1. The number of hydrogen-bond donors (Lipinski definition) is 3. The summed E-state index contributed by atoms with van der Waals surface area (Å²) in [6.45, 7) is 0. The van der Waals surface area contributed by atoms with Crippen LogP contribution < -0.4 is 15.8 Å². The molecule has 3 aromatic carbocycles. The van der Waals surface area contributed by atoms with Crippen LogP contribution in [-0.2, 0) is 0 Å². The largest absolute Gasteiger partial charge is 0.508 e. The zero-order valence-electron chi connectivity index (χ0n) is 18.5. The number of nitrogens with two attached hydrogens (primary N) is 1. The summed E-state index contributed by atoms with van der Waals surface area (Å²) in [6.07, 6.45) is 0. The molecule has 0 unspecified atom stereocenters. The van der Waals surface area contributed by atoms with Crippen molar-refractivity contribution in [3.63, 3.8) is 0 Å². The van der Waals surface area contributed by atoms with Crippen molar-refractivity contribution < 1.29 is 14.8 Å². The number of ether oxygens (including phenoxy) is 1. The van der Waals surface area contributed by atoms with Crippen LogP contribution in [0.2, 0.25) is 0 Å². The third-order valence-electron chi connectivity index (χ3n) is 4.81.